The van der Waals surface area contributed by atoms with Gasteiger partial charge in [-0.2, -0.15) is 0 Å². The number of likely N-dealkylation sites (tertiary alicyclic amines) is 1. The number of carboxylic acid groups (broad SMARTS) is 1. The molecule has 0 aliphatic carbocycles. The largest absolute Gasteiger partial charge is 0.481 e. The van der Waals surface area contributed by atoms with Crippen molar-refractivity contribution in [3.05, 3.63) is 0 Å². The van der Waals surface area contributed by atoms with E-state index >= 15 is 0 Å². The van der Waals surface area contributed by atoms with Gasteiger partial charge in [-0.15, -0.1) is 0 Å². The number of carbonyl (C=O) groups excluding carboxylic acids is 1. The van der Waals surface area contributed by atoms with Crippen molar-refractivity contribution in [1.82, 2.24) is 10.2 Å². The first-order valence-electron chi connectivity index (χ1n) is 7.83. The fourth-order valence-electron chi connectivity index (χ4n) is 3.32. The molecule has 2 N–H and O–H groups in total. The molecule has 2 rings (SSSR count). The van der Waals surface area contributed by atoms with Crippen LogP contribution in [0.15, 0.2) is 0 Å². The van der Waals surface area contributed by atoms with Crippen molar-refractivity contribution >= 4 is 12.0 Å². The Morgan fingerprint density at radius 2 is 2.05 bits per heavy atom. The lowest BCUT2D eigenvalue weighted by molar-refractivity contribution is -0.143. The van der Waals surface area contributed by atoms with E-state index in [2.05, 4.69) is 12.2 Å². The molecule has 120 valence electrons. The molecule has 4 atom stereocenters. The van der Waals surface area contributed by atoms with Crippen LogP contribution in [0.2, 0.25) is 0 Å². The smallest absolute Gasteiger partial charge is 0.317 e. The van der Waals surface area contributed by atoms with Crippen LogP contribution in [0, 0.1) is 17.8 Å². The van der Waals surface area contributed by atoms with Crippen molar-refractivity contribution < 1.29 is 19.4 Å². The maximum absolute atomic E-state index is 12.2. The summed E-state index contributed by atoms with van der Waals surface area (Å²) < 4.78 is 5.50. The first kappa shape index (κ1) is 16.1. The Morgan fingerprint density at radius 3 is 2.71 bits per heavy atom. The highest BCUT2D eigenvalue weighted by Crippen LogP contribution is 2.22. The molecule has 0 radical (unpaired) electrons. The molecule has 6 nitrogen and oxygen atoms in total. The first-order valence-corrected chi connectivity index (χ1v) is 7.83. The van der Waals surface area contributed by atoms with E-state index in [9.17, 15) is 9.59 Å². The zero-order chi connectivity index (χ0) is 15.4. The molecule has 0 spiro atoms. The van der Waals surface area contributed by atoms with Crippen LogP contribution < -0.4 is 5.32 Å². The summed E-state index contributed by atoms with van der Waals surface area (Å²) in [6.45, 7) is 6.40. The van der Waals surface area contributed by atoms with E-state index in [-0.39, 0.29) is 18.1 Å². The standard InChI is InChI=1S/C15H26N2O4/c1-10-5-13(14(18)19)9-17(8-10)15(20)16-7-12-3-4-21-11(2)6-12/h10-13H,3-9H2,1-2H3,(H,16,20)(H,18,19). The monoisotopic (exact) mass is 298 g/mol. The lowest BCUT2D eigenvalue weighted by atomic mass is 9.91. The highest BCUT2D eigenvalue weighted by molar-refractivity contribution is 5.76. The molecule has 0 aromatic carbocycles. The molecule has 2 aliphatic heterocycles. The van der Waals surface area contributed by atoms with E-state index < -0.39 is 11.9 Å². The minimum Gasteiger partial charge on any atom is -0.481 e. The van der Waals surface area contributed by atoms with Gasteiger partial charge in [0.15, 0.2) is 0 Å². The topological polar surface area (TPSA) is 78.9 Å². The molecule has 0 aromatic heterocycles. The van der Waals surface area contributed by atoms with Gasteiger partial charge in [0.05, 0.1) is 12.0 Å². The second-order valence-electron chi connectivity index (χ2n) is 6.54. The zero-order valence-corrected chi connectivity index (χ0v) is 12.9. The number of nitrogens with one attached hydrogen (secondary N) is 1. The van der Waals surface area contributed by atoms with Crippen molar-refractivity contribution in [2.24, 2.45) is 17.8 Å². The molecule has 0 saturated carbocycles. The van der Waals surface area contributed by atoms with Gasteiger partial charge in [0.1, 0.15) is 0 Å². The van der Waals surface area contributed by atoms with Crippen LogP contribution in [0.1, 0.15) is 33.1 Å². The van der Waals surface area contributed by atoms with Gasteiger partial charge in [-0.05, 0) is 38.0 Å². The Morgan fingerprint density at radius 1 is 1.29 bits per heavy atom. The Hall–Kier alpha value is -1.30. The molecule has 21 heavy (non-hydrogen) atoms. The summed E-state index contributed by atoms with van der Waals surface area (Å²) in [7, 11) is 0. The molecule has 2 amide bonds. The number of urea groups is 1. The average molecular weight is 298 g/mol. The third kappa shape index (κ3) is 4.59. The second kappa shape index (κ2) is 7.11. The van der Waals surface area contributed by atoms with Crippen LogP contribution in [0.4, 0.5) is 4.79 Å². The molecule has 0 aromatic rings. The highest BCUT2D eigenvalue weighted by atomic mass is 16.5. The predicted molar refractivity (Wildman–Crippen MR) is 78.0 cm³/mol. The lowest BCUT2D eigenvalue weighted by Gasteiger charge is -2.35. The number of amides is 2. The summed E-state index contributed by atoms with van der Waals surface area (Å²) in [5, 5.41) is 12.1. The van der Waals surface area contributed by atoms with Gasteiger partial charge >= 0.3 is 12.0 Å². The number of carbonyl (C=O) groups is 2. The molecular weight excluding hydrogens is 272 g/mol. The Kier molecular flexibility index (Phi) is 5.45. The molecule has 2 saturated heterocycles. The third-order valence-corrected chi connectivity index (χ3v) is 4.43. The van der Waals surface area contributed by atoms with Crippen molar-refractivity contribution in [3.8, 4) is 0 Å². The fraction of sp³-hybridized carbons (Fsp3) is 0.867. The van der Waals surface area contributed by atoms with Crippen LogP contribution in [0.5, 0.6) is 0 Å². The molecule has 0 bridgehead atoms. The van der Waals surface area contributed by atoms with E-state index in [1.807, 2.05) is 6.92 Å². The van der Waals surface area contributed by atoms with Crippen molar-refractivity contribution in [1.29, 1.82) is 0 Å². The van der Waals surface area contributed by atoms with Crippen LogP contribution in [0.25, 0.3) is 0 Å². The number of ether oxygens (including phenoxy) is 1. The molecule has 6 heteroatoms. The zero-order valence-electron chi connectivity index (χ0n) is 12.9. The molecular formula is C15H26N2O4. The molecule has 4 unspecified atom stereocenters. The van der Waals surface area contributed by atoms with Crippen LogP contribution in [-0.4, -0.2) is 54.4 Å². The van der Waals surface area contributed by atoms with Gasteiger partial charge in [0, 0.05) is 26.2 Å². The van der Waals surface area contributed by atoms with Crippen LogP contribution in [-0.2, 0) is 9.53 Å². The van der Waals surface area contributed by atoms with Crippen LogP contribution >= 0.6 is 0 Å². The van der Waals surface area contributed by atoms with Gasteiger partial charge < -0.3 is 20.1 Å². The van der Waals surface area contributed by atoms with E-state index in [1.54, 1.807) is 4.90 Å². The third-order valence-electron chi connectivity index (χ3n) is 4.43. The SMILES string of the molecule is CC1CC(C(=O)O)CN(C(=O)NCC2CCOC(C)C2)C1. The Balaban J connectivity index is 1.80. The van der Waals surface area contributed by atoms with Gasteiger partial charge in [-0.1, -0.05) is 6.92 Å². The van der Waals surface area contributed by atoms with E-state index in [4.69, 9.17) is 9.84 Å². The maximum atomic E-state index is 12.2. The summed E-state index contributed by atoms with van der Waals surface area (Å²) in [4.78, 5) is 25.0. The van der Waals surface area contributed by atoms with Gasteiger partial charge in [-0.3, -0.25) is 4.79 Å². The number of hydrogen-bond acceptors (Lipinski definition) is 3. The van der Waals surface area contributed by atoms with Crippen molar-refractivity contribution in [2.45, 2.75) is 39.2 Å². The number of hydrogen-bond donors (Lipinski definition) is 2. The molecule has 2 heterocycles. The minimum atomic E-state index is -0.808. The molecule has 2 fully saturated rings. The Bertz CT molecular complexity index is 388. The summed E-state index contributed by atoms with van der Waals surface area (Å²) in [6, 6.07) is -0.132. The van der Waals surface area contributed by atoms with Gasteiger partial charge in [0.25, 0.3) is 0 Å². The van der Waals surface area contributed by atoms with E-state index in [0.29, 0.717) is 32.0 Å². The van der Waals surface area contributed by atoms with Gasteiger partial charge in [-0.25, -0.2) is 4.79 Å². The normalized spacial score (nSPS) is 33.5. The molecule has 2 aliphatic rings. The summed E-state index contributed by atoms with van der Waals surface area (Å²) in [5.41, 5.74) is 0. The lowest BCUT2D eigenvalue weighted by Crippen LogP contribution is -2.50. The summed E-state index contributed by atoms with van der Waals surface area (Å²) in [5.74, 6) is -0.566. The fourth-order valence-corrected chi connectivity index (χ4v) is 3.32. The number of piperidine rings is 1. The number of carboxylic acids is 1. The van der Waals surface area contributed by atoms with E-state index in [1.165, 1.54) is 0 Å². The number of rotatable bonds is 3. The van der Waals surface area contributed by atoms with Crippen molar-refractivity contribution in [2.75, 3.05) is 26.2 Å². The number of nitrogens with zero attached hydrogens (tertiary/aromatic N) is 1. The quantitative estimate of drug-likeness (QED) is 0.828. The average Bonchev–Trinajstić information content (AvgIpc) is 2.44. The van der Waals surface area contributed by atoms with Gasteiger partial charge in [0.2, 0.25) is 0 Å². The number of aliphatic carboxylic acids is 1. The minimum absolute atomic E-state index is 0.132. The highest BCUT2D eigenvalue weighted by Gasteiger charge is 2.32. The Labute approximate surface area is 125 Å². The second-order valence-corrected chi connectivity index (χ2v) is 6.54. The predicted octanol–water partition coefficient (Wildman–Crippen LogP) is 1.55. The van der Waals surface area contributed by atoms with Crippen molar-refractivity contribution in [3.63, 3.8) is 0 Å². The van der Waals surface area contributed by atoms with Crippen LogP contribution in [0.3, 0.4) is 0 Å². The van der Waals surface area contributed by atoms with E-state index in [0.717, 1.165) is 19.4 Å². The summed E-state index contributed by atoms with van der Waals surface area (Å²) in [6.07, 6.45) is 2.84. The first-order chi connectivity index (χ1) is 9.95. The summed E-state index contributed by atoms with van der Waals surface area (Å²) >= 11 is 0. The maximum Gasteiger partial charge on any atom is 0.317 e.